The summed E-state index contributed by atoms with van der Waals surface area (Å²) in [6.07, 6.45) is 31.7. The Balaban J connectivity index is 3.24. The lowest BCUT2D eigenvalue weighted by atomic mass is 10.0. The SMILES string of the molecule is C[C@H](N)C(=O)NCC(=O)CCCCCCCCCCCCCCCCCCCCCCCCCCN[C@@H](CCC(N)=O)C(=O)O. The molecule has 0 bridgehead atoms. The van der Waals surface area contributed by atoms with Gasteiger partial charge in [-0.25, -0.2) is 0 Å². The highest BCUT2D eigenvalue weighted by atomic mass is 16.4. The van der Waals surface area contributed by atoms with Gasteiger partial charge >= 0.3 is 5.97 Å². The Bertz CT molecular complexity index is 747. The number of ketones is 1. The monoisotopic (exact) mass is 639 g/mol. The van der Waals surface area contributed by atoms with E-state index >= 15 is 0 Å². The molecule has 0 rings (SSSR count). The summed E-state index contributed by atoms with van der Waals surface area (Å²) in [7, 11) is 0. The van der Waals surface area contributed by atoms with Crippen molar-refractivity contribution < 1.29 is 24.3 Å². The number of nitrogens with two attached hydrogens (primary N) is 2. The minimum absolute atomic E-state index is 0.0924. The third-order valence-corrected chi connectivity index (χ3v) is 8.62. The topological polar surface area (TPSA) is 165 Å². The van der Waals surface area contributed by atoms with Crippen molar-refractivity contribution in [3.05, 3.63) is 0 Å². The van der Waals surface area contributed by atoms with Crippen LogP contribution in [0.4, 0.5) is 0 Å². The Kier molecular flexibility index (Phi) is 30.5. The Morgan fingerprint density at radius 3 is 1.27 bits per heavy atom. The number of carboxylic acids is 1. The van der Waals surface area contributed by atoms with Gasteiger partial charge in [-0.15, -0.1) is 0 Å². The van der Waals surface area contributed by atoms with E-state index in [1.165, 1.54) is 128 Å². The molecule has 0 unspecified atom stereocenters. The molecule has 45 heavy (non-hydrogen) atoms. The number of carbonyl (C=O) groups excluding carboxylic acids is 3. The third kappa shape index (κ3) is 31.8. The average molecular weight is 639 g/mol. The van der Waals surface area contributed by atoms with Gasteiger partial charge < -0.3 is 27.2 Å². The van der Waals surface area contributed by atoms with Crippen molar-refractivity contribution in [3.8, 4) is 0 Å². The fourth-order valence-corrected chi connectivity index (χ4v) is 5.65. The van der Waals surface area contributed by atoms with Gasteiger partial charge in [0.05, 0.1) is 12.6 Å². The highest BCUT2D eigenvalue weighted by Crippen LogP contribution is 2.16. The molecule has 0 aliphatic rings. The number of carboxylic acid groups (broad SMARTS) is 1. The van der Waals surface area contributed by atoms with Crippen molar-refractivity contribution in [1.29, 1.82) is 0 Å². The Morgan fingerprint density at radius 2 is 0.933 bits per heavy atom. The Hall–Kier alpha value is -2.00. The summed E-state index contributed by atoms with van der Waals surface area (Å²) in [5.74, 6) is -1.55. The van der Waals surface area contributed by atoms with Crippen LogP contribution in [-0.2, 0) is 19.2 Å². The summed E-state index contributed by atoms with van der Waals surface area (Å²) in [6, 6.07) is -1.25. The van der Waals surface area contributed by atoms with Crippen molar-refractivity contribution in [3.63, 3.8) is 0 Å². The van der Waals surface area contributed by atoms with E-state index in [0.717, 1.165) is 25.7 Å². The molecular weight excluding hydrogens is 568 g/mol. The van der Waals surface area contributed by atoms with E-state index in [1.807, 2.05) is 0 Å². The van der Waals surface area contributed by atoms with Crippen molar-refractivity contribution >= 4 is 23.6 Å². The first-order valence-corrected chi connectivity index (χ1v) is 18.5. The highest BCUT2D eigenvalue weighted by molar-refractivity contribution is 5.87. The number of hydrogen-bond acceptors (Lipinski definition) is 6. The average Bonchev–Trinajstić information content (AvgIpc) is 3.00. The van der Waals surface area contributed by atoms with Crippen LogP contribution in [0.15, 0.2) is 0 Å². The predicted molar refractivity (Wildman–Crippen MR) is 185 cm³/mol. The molecular formula is C36H70N4O5. The lowest BCUT2D eigenvalue weighted by molar-refractivity contribution is -0.139. The molecule has 0 saturated carbocycles. The number of Topliss-reactive ketones (excluding diaryl/α,β-unsaturated/α-hetero) is 1. The van der Waals surface area contributed by atoms with Crippen LogP contribution in [0.1, 0.15) is 180 Å². The third-order valence-electron chi connectivity index (χ3n) is 8.62. The zero-order chi connectivity index (χ0) is 33.4. The van der Waals surface area contributed by atoms with E-state index in [1.54, 1.807) is 6.92 Å². The van der Waals surface area contributed by atoms with Crippen molar-refractivity contribution in [2.75, 3.05) is 13.1 Å². The molecule has 0 fully saturated rings. The molecule has 0 saturated heterocycles. The minimum Gasteiger partial charge on any atom is -0.480 e. The molecule has 264 valence electrons. The zero-order valence-corrected chi connectivity index (χ0v) is 28.9. The van der Waals surface area contributed by atoms with Gasteiger partial charge in [0.2, 0.25) is 11.8 Å². The summed E-state index contributed by atoms with van der Waals surface area (Å²) in [5, 5.41) is 14.8. The second kappa shape index (κ2) is 32.0. The van der Waals surface area contributed by atoms with E-state index in [2.05, 4.69) is 10.6 Å². The summed E-state index contributed by atoms with van der Waals surface area (Å²) < 4.78 is 0. The van der Waals surface area contributed by atoms with Crippen LogP contribution in [0.25, 0.3) is 0 Å². The first-order valence-electron chi connectivity index (χ1n) is 18.5. The molecule has 9 heteroatoms. The number of nitrogens with one attached hydrogen (secondary N) is 2. The van der Waals surface area contributed by atoms with E-state index in [-0.39, 0.29) is 31.1 Å². The summed E-state index contributed by atoms with van der Waals surface area (Å²) in [4.78, 5) is 45.2. The van der Waals surface area contributed by atoms with E-state index in [9.17, 15) is 24.3 Å². The lowest BCUT2D eigenvalue weighted by Gasteiger charge is -2.13. The first-order chi connectivity index (χ1) is 21.7. The lowest BCUT2D eigenvalue weighted by Crippen LogP contribution is -2.40. The molecule has 0 aliphatic carbocycles. The summed E-state index contributed by atoms with van der Waals surface area (Å²) in [6.45, 7) is 2.40. The van der Waals surface area contributed by atoms with Crippen molar-refractivity contribution in [2.24, 2.45) is 11.5 Å². The number of amides is 2. The number of unbranched alkanes of at least 4 members (excludes halogenated alkanes) is 23. The number of carbonyl (C=O) groups is 4. The molecule has 2 amide bonds. The van der Waals surface area contributed by atoms with E-state index in [0.29, 0.717) is 13.0 Å². The van der Waals surface area contributed by atoms with Gasteiger partial charge in [0.15, 0.2) is 5.78 Å². The Morgan fingerprint density at radius 1 is 0.578 bits per heavy atom. The normalized spacial score (nSPS) is 12.6. The summed E-state index contributed by atoms with van der Waals surface area (Å²) >= 11 is 0. The van der Waals surface area contributed by atoms with Crippen LogP contribution in [-0.4, -0.2) is 53.8 Å². The zero-order valence-electron chi connectivity index (χ0n) is 28.9. The van der Waals surface area contributed by atoms with Gasteiger partial charge in [0.1, 0.15) is 6.04 Å². The fraction of sp³-hybridized carbons (Fsp3) is 0.889. The molecule has 0 radical (unpaired) electrons. The second-order valence-corrected chi connectivity index (χ2v) is 13.1. The van der Waals surface area contributed by atoms with Gasteiger partial charge in [0, 0.05) is 12.8 Å². The number of primary amides is 1. The summed E-state index contributed by atoms with van der Waals surface area (Å²) in [5.41, 5.74) is 10.6. The number of hydrogen-bond donors (Lipinski definition) is 5. The molecule has 0 aromatic carbocycles. The fourth-order valence-electron chi connectivity index (χ4n) is 5.65. The maximum absolute atomic E-state index is 11.8. The van der Waals surface area contributed by atoms with Gasteiger partial charge in [-0.2, -0.15) is 0 Å². The van der Waals surface area contributed by atoms with Gasteiger partial charge in [-0.3, -0.25) is 19.2 Å². The first kappa shape index (κ1) is 43.0. The molecule has 2 atom stereocenters. The van der Waals surface area contributed by atoms with Gasteiger partial charge in [0.25, 0.3) is 0 Å². The maximum Gasteiger partial charge on any atom is 0.320 e. The minimum atomic E-state index is -0.914. The standard InChI is InChI=1S/C36H70N4O5/c1-31(37)35(43)40-30-32(41)26-24-22-20-18-16-14-12-10-8-6-4-2-3-5-7-9-11-13-15-17-19-21-23-25-29-39-33(36(44)45)27-28-34(38)42/h31,33,39H,2-30,37H2,1H3,(H2,38,42)(H,40,43)(H,44,45)/t31-,33-/m0/s1. The maximum atomic E-state index is 11.8. The molecule has 0 aromatic rings. The molecule has 0 spiro atoms. The van der Waals surface area contributed by atoms with Crippen LogP contribution in [0.2, 0.25) is 0 Å². The van der Waals surface area contributed by atoms with E-state index < -0.39 is 24.0 Å². The van der Waals surface area contributed by atoms with Crippen molar-refractivity contribution in [2.45, 2.75) is 192 Å². The van der Waals surface area contributed by atoms with E-state index in [4.69, 9.17) is 11.5 Å². The molecule has 0 aromatic heterocycles. The van der Waals surface area contributed by atoms with Crippen LogP contribution >= 0.6 is 0 Å². The molecule has 9 nitrogen and oxygen atoms in total. The van der Waals surface area contributed by atoms with Gasteiger partial charge in [-0.1, -0.05) is 141 Å². The van der Waals surface area contributed by atoms with Gasteiger partial charge in [-0.05, 0) is 32.7 Å². The largest absolute Gasteiger partial charge is 0.480 e. The number of rotatable bonds is 35. The molecule has 0 heterocycles. The highest BCUT2D eigenvalue weighted by Gasteiger charge is 2.16. The number of aliphatic carboxylic acids is 1. The van der Waals surface area contributed by atoms with Crippen LogP contribution in [0.3, 0.4) is 0 Å². The predicted octanol–water partition coefficient (Wildman–Crippen LogP) is 7.08. The second-order valence-electron chi connectivity index (χ2n) is 13.1. The van der Waals surface area contributed by atoms with Crippen LogP contribution in [0.5, 0.6) is 0 Å². The molecule has 7 N–H and O–H groups in total. The molecule has 0 aliphatic heterocycles. The van der Waals surface area contributed by atoms with Crippen LogP contribution in [0, 0.1) is 0 Å². The van der Waals surface area contributed by atoms with Crippen LogP contribution < -0.4 is 22.1 Å². The quantitative estimate of drug-likeness (QED) is 0.0463. The Labute approximate surface area is 275 Å². The van der Waals surface area contributed by atoms with Crippen molar-refractivity contribution in [1.82, 2.24) is 10.6 Å². The smallest absolute Gasteiger partial charge is 0.320 e.